The van der Waals surface area contributed by atoms with Gasteiger partial charge in [-0.05, 0) is 17.5 Å². The molecule has 2 aromatic heterocycles. The second-order valence-corrected chi connectivity index (χ2v) is 5.21. The molecule has 94 valence electrons. The normalized spacial score (nSPS) is 10.3. The van der Waals surface area contributed by atoms with Crippen LogP contribution in [-0.2, 0) is 6.54 Å². The number of aromatic carboxylic acids is 1. The summed E-state index contributed by atoms with van der Waals surface area (Å²) in [6.45, 7) is 0.691. The van der Waals surface area contributed by atoms with E-state index in [9.17, 15) is 4.79 Å². The molecule has 2 heterocycles. The molecule has 6 heteroatoms. The first-order chi connectivity index (χ1) is 8.58. The van der Waals surface area contributed by atoms with Crippen molar-refractivity contribution in [3.05, 3.63) is 45.2 Å². The van der Waals surface area contributed by atoms with Crippen molar-refractivity contribution in [2.45, 2.75) is 6.54 Å². The zero-order valence-electron chi connectivity index (χ0n) is 9.63. The fourth-order valence-corrected chi connectivity index (χ4v) is 2.61. The molecule has 0 aliphatic rings. The Hall–Kier alpha value is -1.59. The Labute approximate surface area is 113 Å². The van der Waals surface area contributed by atoms with E-state index in [0.717, 1.165) is 0 Å². The minimum absolute atomic E-state index is 0.0910. The number of hydrogen-bond donors (Lipinski definition) is 1. The summed E-state index contributed by atoms with van der Waals surface area (Å²) < 4.78 is 0. The number of pyridine rings is 1. The van der Waals surface area contributed by atoms with Gasteiger partial charge in [-0.2, -0.15) is 0 Å². The van der Waals surface area contributed by atoms with E-state index in [0.29, 0.717) is 17.4 Å². The van der Waals surface area contributed by atoms with Gasteiger partial charge in [0.1, 0.15) is 5.82 Å². The Bertz CT molecular complexity index is 557. The molecule has 18 heavy (non-hydrogen) atoms. The highest BCUT2D eigenvalue weighted by Crippen LogP contribution is 2.25. The summed E-state index contributed by atoms with van der Waals surface area (Å²) >= 11 is 7.70. The molecule has 1 N–H and O–H groups in total. The molecular formula is C12H11ClN2O2S. The van der Waals surface area contributed by atoms with Crippen LogP contribution in [0.4, 0.5) is 5.82 Å². The summed E-state index contributed by atoms with van der Waals surface area (Å²) in [7, 11) is 1.87. The summed E-state index contributed by atoms with van der Waals surface area (Å²) in [5.74, 6) is -0.452. The van der Waals surface area contributed by atoms with Gasteiger partial charge in [0.05, 0.1) is 17.1 Å². The van der Waals surface area contributed by atoms with Crippen LogP contribution >= 0.6 is 22.9 Å². The molecule has 0 saturated heterocycles. The van der Waals surface area contributed by atoms with Gasteiger partial charge >= 0.3 is 5.97 Å². The Morgan fingerprint density at radius 1 is 1.61 bits per heavy atom. The van der Waals surface area contributed by atoms with Crippen LogP contribution in [0.3, 0.4) is 0 Å². The lowest BCUT2D eigenvalue weighted by atomic mass is 10.3. The lowest BCUT2D eigenvalue weighted by Gasteiger charge is -2.18. The first-order valence-corrected chi connectivity index (χ1v) is 6.46. The minimum Gasteiger partial charge on any atom is -0.478 e. The molecule has 2 rings (SSSR count). The molecule has 0 saturated carbocycles. The van der Waals surface area contributed by atoms with Gasteiger partial charge in [-0.25, -0.2) is 9.78 Å². The molecule has 0 radical (unpaired) electrons. The quantitative estimate of drug-likeness (QED) is 0.936. The zero-order valence-corrected chi connectivity index (χ0v) is 11.2. The average Bonchev–Trinajstić information content (AvgIpc) is 2.81. The molecule has 0 amide bonds. The largest absolute Gasteiger partial charge is 0.478 e. The molecule has 0 bridgehead atoms. The number of anilines is 1. The molecule has 0 aromatic carbocycles. The van der Waals surface area contributed by atoms with Crippen molar-refractivity contribution in [2.75, 3.05) is 11.9 Å². The molecule has 2 aromatic rings. The smallest absolute Gasteiger partial charge is 0.337 e. The first kappa shape index (κ1) is 12.9. The van der Waals surface area contributed by atoms with Gasteiger partial charge in [0, 0.05) is 18.1 Å². The molecule has 4 nitrogen and oxygen atoms in total. The number of carboxylic acid groups (broad SMARTS) is 1. The van der Waals surface area contributed by atoms with Crippen molar-refractivity contribution in [3.8, 4) is 0 Å². The van der Waals surface area contributed by atoms with E-state index in [2.05, 4.69) is 4.98 Å². The van der Waals surface area contributed by atoms with Gasteiger partial charge in [-0.1, -0.05) is 17.7 Å². The molecule has 0 unspecified atom stereocenters. The fraction of sp³-hybridized carbons (Fsp3) is 0.167. The Kier molecular flexibility index (Phi) is 3.84. The highest BCUT2D eigenvalue weighted by molar-refractivity contribution is 7.09. The number of thiophene rings is 1. The van der Waals surface area contributed by atoms with E-state index >= 15 is 0 Å². The van der Waals surface area contributed by atoms with Gasteiger partial charge in [0.15, 0.2) is 0 Å². The van der Waals surface area contributed by atoms with Crippen molar-refractivity contribution in [1.29, 1.82) is 0 Å². The van der Waals surface area contributed by atoms with Crippen LogP contribution in [0, 0.1) is 0 Å². The third-order valence-electron chi connectivity index (χ3n) is 2.40. The number of halogens is 1. The van der Waals surface area contributed by atoms with Gasteiger partial charge in [-0.15, -0.1) is 11.3 Å². The zero-order chi connectivity index (χ0) is 13.1. The van der Waals surface area contributed by atoms with Crippen molar-refractivity contribution in [2.24, 2.45) is 0 Å². The number of hydrogen-bond acceptors (Lipinski definition) is 4. The predicted molar refractivity (Wildman–Crippen MR) is 72.6 cm³/mol. The molecule has 0 aliphatic carbocycles. The van der Waals surface area contributed by atoms with Crippen molar-refractivity contribution >= 4 is 34.7 Å². The monoisotopic (exact) mass is 282 g/mol. The van der Waals surface area contributed by atoms with Crippen LogP contribution in [-0.4, -0.2) is 23.1 Å². The summed E-state index contributed by atoms with van der Waals surface area (Å²) in [5.41, 5.74) is 0.0910. The maximum absolute atomic E-state index is 10.8. The number of nitrogens with zero attached hydrogens (tertiary/aromatic N) is 2. The van der Waals surface area contributed by atoms with Crippen LogP contribution in [0.25, 0.3) is 0 Å². The van der Waals surface area contributed by atoms with E-state index in [1.165, 1.54) is 17.1 Å². The molecule has 0 fully saturated rings. The number of aromatic nitrogens is 1. The topological polar surface area (TPSA) is 53.4 Å². The van der Waals surface area contributed by atoms with Crippen molar-refractivity contribution in [3.63, 3.8) is 0 Å². The summed E-state index contributed by atoms with van der Waals surface area (Å²) in [5, 5.41) is 11.2. The molecule has 0 atom stereocenters. The van der Waals surface area contributed by atoms with Crippen LogP contribution in [0.1, 0.15) is 15.2 Å². The maximum atomic E-state index is 10.8. The summed E-state index contributed by atoms with van der Waals surface area (Å²) in [4.78, 5) is 18.0. The van der Waals surface area contributed by atoms with Crippen molar-refractivity contribution in [1.82, 2.24) is 4.98 Å². The molecule has 0 aliphatic heterocycles. The van der Waals surface area contributed by atoms with E-state index in [4.69, 9.17) is 16.7 Å². The van der Waals surface area contributed by atoms with Crippen LogP contribution < -0.4 is 4.90 Å². The van der Waals surface area contributed by atoms with E-state index in [1.807, 2.05) is 29.5 Å². The van der Waals surface area contributed by atoms with Gasteiger partial charge in [-0.3, -0.25) is 0 Å². The average molecular weight is 283 g/mol. The highest BCUT2D eigenvalue weighted by atomic mass is 35.5. The van der Waals surface area contributed by atoms with Gasteiger partial charge in [0.2, 0.25) is 0 Å². The number of rotatable bonds is 4. The van der Waals surface area contributed by atoms with E-state index in [1.54, 1.807) is 11.3 Å². The van der Waals surface area contributed by atoms with E-state index in [-0.39, 0.29) is 5.56 Å². The molecular weight excluding hydrogens is 272 g/mol. The van der Waals surface area contributed by atoms with Crippen LogP contribution in [0.2, 0.25) is 5.02 Å². The maximum Gasteiger partial charge on any atom is 0.337 e. The van der Waals surface area contributed by atoms with Gasteiger partial charge < -0.3 is 10.0 Å². The van der Waals surface area contributed by atoms with Crippen LogP contribution in [0.15, 0.2) is 29.8 Å². The Balaban J connectivity index is 2.20. The minimum atomic E-state index is -1.03. The first-order valence-electron chi connectivity index (χ1n) is 5.20. The van der Waals surface area contributed by atoms with Gasteiger partial charge in [0.25, 0.3) is 0 Å². The lowest BCUT2D eigenvalue weighted by Crippen LogP contribution is -2.17. The molecule has 0 spiro atoms. The highest BCUT2D eigenvalue weighted by Gasteiger charge is 2.12. The van der Waals surface area contributed by atoms with Crippen molar-refractivity contribution < 1.29 is 9.90 Å². The summed E-state index contributed by atoms with van der Waals surface area (Å²) in [6, 6.07) is 5.42. The number of carboxylic acids is 1. The Morgan fingerprint density at radius 3 is 2.94 bits per heavy atom. The predicted octanol–water partition coefficient (Wildman–Crippen LogP) is 3.13. The van der Waals surface area contributed by atoms with Crippen LogP contribution in [0.5, 0.6) is 0 Å². The second kappa shape index (κ2) is 5.37. The standard InChI is InChI=1S/C12H11ClN2O2S/c1-15(7-9-3-2-4-18-9)11-10(13)5-8(6-14-11)12(16)17/h2-6H,7H2,1H3,(H,16,17). The fourth-order valence-electron chi connectivity index (χ4n) is 1.54. The summed E-state index contributed by atoms with van der Waals surface area (Å²) in [6.07, 6.45) is 1.31. The SMILES string of the molecule is CN(Cc1cccs1)c1ncc(C(=O)O)cc1Cl. The second-order valence-electron chi connectivity index (χ2n) is 3.77. The third-order valence-corrected chi connectivity index (χ3v) is 3.54. The third kappa shape index (κ3) is 2.80. The lowest BCUT2D eigenvalue weighted by molar-refractivity contribution is 0.0696. The number of carbonyl (C=O) groups is 1. The van der Waals surface area contributed by atoms with E-state index < -0.39 is 5.97 Å². The Morgan fingerprint density at radius 2 is 2.39 bits per heavy atom.